The van der Waals surface area contributed by atoms with E-state index in [1.165, 1.54) is 18.6 Å². The van der Waals surface area contributed by atoms with E-state index in [0.717, 1.165) is 18.4 Å². The minimum absolute atomic E-state index is 0.192. The van der Waals surface area contributed by atoms with Gasteiger partial charge in [-0.1, -0.05) is 39.8 Å². The Labute approximate surface area is 116 Å². The quantitative estimate of drug-likeness (QED) is 0.609. The van der Waals surface area contributed by atoms with Crippen LogP contribution in [-0.4, -0.2) is 6.04 Å². The highest BCUT2D eigenvalue weighted by molar-refractivity contribution is 5.17. The highest BCUT2D eigenvalue weighted by Gasteiger charge is 2.18. The van der Waals surface area contributed by atoms with Crippen molar-refractivity contribution in [3.63, 3.8) is 0 Å². The Kier molecular flexibility index (Phi) is 5.95. The minimum atomic E-state index is -0.192. The van der Waals surface area contributed by atoms with Gasteiger partial charge in [0.2, 0.25) is 0 Å². The maximum absolute atomic E-state index is 12.9. The zero-order chi connectivity index (χ0) is 14.5. The maximum Gasteiger partial charge on any atom is 0.123 e. The van der Waals surface area contributed by atoms with Gasteiger partial charge in [-0.15, -0.1) is 0 Å². The Hall–Kier alpha value is -0.930. The zero-order valence-electron chi connectivity index (χ0n) is 12.5. The van der Waals surface area contributed by atoms with Crippen LogP contribution in [0.25, 0.3) is 0 Å². The summed E-state index contributed by atoms with van der Waals surface area (Å²) in [4.78, 5) is 0. The van der Waals surface area contributed by atoms with Crippen molar-refractivity contribution in [3.05, 3.63) is 35.6 Å². The third-order valence-corrected chi connectivity index (χ3v) is 3.28. The molecule has 0 spiro atoms. The lowest BCUT2D eigenvalue weighted by atomic mass is 9.82. The Balaban J connectivity index is 2.51. The molecule has 0 radical (unpaired) electrons. The van der Waals surface area contributed by atoms with E-state index in [1.807, 2.05) is 12.1 Å². The van der Waals surface area contributed by atoms with Crippen molar-refractivity contribution in [2.75, 3.05) is 0 Å². The summed E-state index contributed by atoms with van der Waals surface area (Å²) in [6.45, 7) is 9.04. The monoisotopic (exact) mass is 266 g/mol. The number of hydrogen-bond donors (Lipinski definition) is 2. The number of nitrogens with one attached hydrogen (secondary N) is 1. The van der Waals surface area contributed by atoms with Gasteiger partial charge in [-0.25, -0.2) is 4.39 Å². The third-order valence-electron chi connectivity index (χ3n) is 3.28. The first-order chi connectivity index (χ1) is 8.80. The van der Waals surface area contributed by atoms with Crippen LogP contribution in [0.1, 0.15) is 46.1 Å². The van der Waals surface area contributed by atoms with Crippen molar-refractivity contribution in [3.8, 4) is 0 Å². The van der Waals surface area contributed by atoms with Crippen molar-refractivity contribution >= 4 is 0 Å². The van der Waals surface area contributed by atoms with Crippen molar-refractivity contribution in [1.82, 2.24) is 5.43 Å². The fourth-order valence-electron chi connectivity index (χ4n) is 2.73. The summed E-state index contributed by atoms with van der Waals surface area (Å²) < 4.78 is 12.9. The number of nitrogens with two attached hydrogens (primary N) is 1. The molecule has 3 N–H and O–H groups in total. The van der Waals surface area contributed by atoms with Crippen LogP contribution in [0.2, 0.25) is 0 Å². The SMILES string of the molecule is CC(CC(Cc1ccc(F)cc1)NN)CC(C)(C)C. The van der Waals surface area contributed by atoms with E-state index in [1.54, 1.807) is 0 Å². The second-order valence-electron chi connectivity index (χ2n) is 6.80. The van der Waals surface area contributed by atoms with Gasteiger partial charge in [-0.3, -0.25) is 11.3 Å². The van der Waals surface area contributed by atoms with Crippen LogP contribution in [0, 0.1) is 17.2 Å². The second kappa shape index (κ2) is 7.01. The molecule has 2 unspecified atom stereocenters. The lowest BCUT2D eigenvalue weighted by molar-refractivity contribution is 0.274. The molecule has 0 amide bonds. The first-order valence-corrected chi connectivity index (χ1v) is 7.01. The molecule has 2 atom stereocenters. The average molecular weight is 266 g/mol. The zero-order valence-corrected chi connectivity index (χ0v) is 12.5. The maximum atomic E-state index is 12.9. The summed E-state index contributed by atoms with van der Waals surface area (Å²) in [6, 6.07) is 6.90. The molecule has 0 heterocycles. The Morgan fingerprint density at radius 3 is 2.26 bits per heavy atom. The summed E-state index contributed by atoms with van der Waals surface area (Å²) in [5, 5.41) is 0. The van der Waals surface area contributed by atoms with Gasteiger partial charge >= 0.3 is 0 Å². The van der Waals surface area contributed by atoms with Crippen molar-refractivity contribution in [2.24, 2.45) is 17.2 Å². The second-order valence-corrected chi connectivity index (χ2v) is 6.80. The predicted molar refractivity (Wildman–Crippen MR) is 79.1 cm³/mol. The van der Waals surface area contributed by atoms with E-state index in [0.29, 0.717) is 11.3 Å². The van der Waals surface area contributed by atoms with E-state index in [9.17, 15) is 4.39 Å². The van der Waals surface area contributed by atoms with Crippen LogP contribution in [0.3, 0.4) is 0 Å². The smallest absolute Gasteiger partial charge is 0.123 e. The molecule has 0 aliphatic rings. The molecule has 3 heteroatoms. The van der Waals surface area contributed by atoms with Crippen LogP contribution in [0.15, 0.2) is 24.3 Å². The molecule has 0 aliphatic carbocycles. The fourth-order valence-corrected chi connectivity index (χ4v) is 2.73. The van der Waals surface area contributed by atoms with E-state index < -0.39 is 0 Å². The van der Waals surface area contributed by atoms with Gasteiger partial charge in [0.05, 0.1) is 0 Å². The van der Waals surface area contributed by atoms with Gasteiger partial charge in [-0.2, -0.15) is 0 Å². The number of benzene rings is 1. The summed E-state index contributed by atoms with van der Waals surface area (Å²) >= 11 is 0. The Morgan fingerprint density at radius 1 is 1.21 bits per heavy atom. The lowest BCUT2D eigenvalue weighted by Gasteiger charge is -2.26. The molecular formula is C16H27FN2. The van der Waals surface area contributed by atoms with Gasteiger partial charge < -0.3 is 0 Å². The van der Waals surface area contributed by atoms with Crippen LogP contribution in [0.4, 0.5) is 4.39 Å². The lowest BCUT2D eigenvalue weighted by Crippen LogP contribution is -2.38. The topological polar surface area (TPSA) is 38.0 Å². The van der Waals surface area contributed by atoms with E-state index in [2.05, 4.69) is 33.1 Å². The standard InChI is InChI=1S/C16H27FN2/c1-12(11-16(2,3)4)9-15(19-18)10-13-5-7-14(17)8-6-13/h5-8,12,15,19H,9-11,18H2,1-4H3. The van der Waals surface area contributed by atoms with Crippen molar-refractivity contribution in [1.29, 1.82) is 0 Å². The van der Waals surface area contributed by atoms with Crippen LogP contribution >= 0.6 is 0 Å². The van der Waals surface area contributed by atoms with Crippen LogP contribution in [-0.2, 0) is 6.42 Å². The molecule has 0 saturated heterocycles. The molecule has 0 fully saturated rings. The number of hydrogen-bond acceptors (Lipinski definition) is 2. The molecule has 108 valence electrons. The minimum Gasteiger partial charge on any atom is -0.271 e. The third kappa shape index (κ3) is 6.69. The number of halogens is 1. The van der Waals surface area contributed by atoms with Gasteiger partial charge in [0.25, 0.3) is 0 Å². The summed E-state index contributed by atoms with van der Waals surface area (Å²) in [6.07, 6.45) is 3.05. The largest absolute Gasteiger partial charge is 0.271 e. The van der Waals surface area contributed by atoms with E-state index in [-0.39, 0.29) is 11.9 Å². The first kappa shape index (κ1) is 16.1. The molecule has 0 aliphatic heterocycles. The molecule has 1 rings (SSSR count). The average Bonchev–Trinajstić information content (AvgIpc) is 2.28. The molecule has 19 heavy (non-hydrogen) atoms. The summed E-state index contributed by atoms with van der Waals surface area (Å²) in [5.41, 5.74) is 4.35. The highest BCUT2D eigenvalue weighted by Crippen LogP contribution is 2.27. The van der Waals surface area contributed by atoms with Gasteiger partial charge in [0.15, 0.2) is 0 Å². The van der Waals surface area contributed by atoms with Crippen molar-refractivity contribution < 1.29 is 4.39 Å². The molecule has 1 aromatic carbocycles. The van der Waals surface area contributed by atoms with E-state index >= 15 is 0 Å². The van der Waals surface area contributed by atoms with Gasteiger partial charge in [0, 0.05) is 6.04 Å². The summed E-state index contributed by atoms with van der Waals surface area (Å²) in [7, 11) is 0. The number of hydrazine groups is 1. The molecule has 2 nitrogen and oxygen atoms in total. The molecular weight excluding hydrogens is 239 g/mol. The fraction of sp³-hybridized carbons (Fsp3) is 0.625. The summed E-state index contributed by atoms with van der Waals surface area (Å²) in [5.74, 6) is 6.06. The molecule has 0 saturated carbocycles. The van der Waals surface area contributed by atoms with Crippen molar-refractivity contribution in [2.45, 2.75) is 53.0 Å². The first-order valence-electron chi connectivity index (χ1n) is 7.01. The van der Waals surface area contributed by atoms with Crippen LogP contribution < -0.4 is 11.3 Å². The van der Waals surface area contributed by atoms with Crippen LogP contribution in [0.5, 0.6) is 0 Å². The van der Waals surface area contributed by atoms with Gasteiger partial charge in [-0.05, 0) is 48.3 Å². The Morgan fingerprint density at radius 2 is 1.79 bits per heavy atom. The van der Waals surface area contributed by atoms with Gasteiger partial charge in [0.1, 0.15) is 5.82 Å². The molecule has 1 aromatic rings. The Bertz CT molecular complexity index is 367. The van der Waals surface area contributed by atoms with E-state index in [4.69, 9.17) is 5.84 Å². The molecule has 0 bridgehead atoms. The normalized spacial score (nSPS) is 15.3. The predicted octanol–water partition coefficient (Wildman–Crippen LogP) is 3.66. The number of rotatable bonds is 6. The molecule has 0 aromatic heterocycles. The highest BCUT2D eigenvalue weighted by atomic mass is 19.1.